The molecule has 1 aromatic heterocycles. The van der Waals surface area contributed by atoms with Crippen LogP contribution in [0.2, 0.25) is 0 Å². The molecule has 1 aromatic carbocycles. The number of hydrogen-bond acceptors (Lipinski definition) is 2. The maximum atomic E-state index is 13.3. The van der Waals surface area contributed by atoms with Crippen LogP contribution in [-0.4, -0.2) is 45.3 Å². The summed E-state index contributed by atoms with van der Waals surface area (Å²) in [7, 11) is 0. The van der Waals surface area contributed by atoms with E-state index in [1.165, 1.54) is 5.56 Å². The van der Waals surface area contributed by atoms with Crippen molar-refractivity contribution in [2.45, 2.75) is 72.5 Å². The lowest BCUT2D eigenvalue weighted by Gasteiger charge is -2.29. The third-order valence-corrected chi connectivity index (χ3v) is 5.61. The molecule has 0 saturated heterocycles. The summed E-state index contributed by atoms with van der Waals surface area (Å²) in [6.07, 6.45) is 5.49. The van der Waals surface area contributed by atoms with Gasteiger partial charge in [-0.25, -0.2) is 0 Å². The van der Waals surface area contributed by atoms with Crippen LogP contribution in [0.25, 0.3) is 0 Å². The van der Waals surface area contributed by atoms with E-state index < -0.39 is 0 Å². The molecule has 2 aromatic rings. The monoisotopic (exact) mass is 423 g/mol. The summed E-state index contributed by atoms with van der Waals surface area (Å²) in [5.74, 6) is 0.136. The van der Waals surface area contributed by atoms with Gasteiger partial charge in [0, 0.05) is 37.4 Å². The van der Waals surface area contributed by atoms with Crippen LogP contribution in [0.4, 0.5) is 0 Å². The van der Waals surface area contributed by atoms with Crippen LogP contribution in [0.3, 0.4) is 0 Å². The minimum atomic E-state index is -0.0828. The predicted octanol–water partition coefficient (Wildman–Crippen LogP) is 4.70. The fourth-order valence-electron chi connectivity index (χ4n) is 3.89. The van der Waals surface area contributed by atoms with E-state index in [1.807, 2.05) is 17.0 Å². The molecule has 31 heavy (non-hydrogen) atoms. The first-order chi connectivity index (χ1) is 14.8. The van der Waals surface area contributed by atoms with Crippen molar-refractivity contribution in [3.8, 4) is 0 Å². The molecule has 0 N–H and O–H groups in total. The number of hydrogen-bond donors (Lipinski definition) is 0. The zero-order valence-corrected chi connectivity index (χ0v) is 19.5. The molecule has 0 atom stereocenters. The maximum absolute atomic E-state index is 13.3. The highest BCUT2D eigenvalue weighted by Gasteiger charge is 2.34. The zero-order valence-electron chi connectivity index (χ0n) is 19.5. The number of carbonyl (C=O) groups excluding carboxylic acids is 2. The van der Waals surface area contributed by atoms with Crippen molar-refractivity contribution in [1.82, 2.24) is 14.4 Å². The van der Waals surface area contributed by atoms with E-state index in [0.717, 1.165) is 31.5 Å². The van der Waals surface area contributed by atoms with Crippen LogP contribution >= 0.6 is 0 Å². The SMILES string of the molecule is CCCN(CC(=O)N(Cc1cccn1Cc1ccccc1)C1CC1)C(=O)CC(C)(C)C. The zero-order chi connectivity index (χ0) is 22.4. The second-order valence-electron chi connectivity index (χ2n) is 9.92. The van der Waals surface area contributed by atoms with E-state index in [-0.39, 0.29) is 23.8 Å². The lowest BCUT2D eigenvalue weighted by molar-refractivity contribution is -0.142. The van der Waals surface area contributed by atoms with Crippen molar-refractivity contribution in [3.05, 3.63) is 59.9 Å². The van der Waals surface area contributed by atoms with Crippen molar-refractivity contribution in [3.63, 3.8) is 0 Å². The predicted molar refractivity (Wildman–Crippen MR) is 124 cm³/mol. The Balaban J connectivity index is 1.69. The normalized spacial score (nSPS) is 13.8. The summed E-state index contributed by atoms with van der Waals surface area (Å²) < 4.78 is 2.21. The number of carbonyl (C=O) groups is 2. The molecule has 168 valence electrons. The van der Waals surface area contributed by atoms with Crippen molar-refractivity contribution >= 4 is 11.8 Å². The van der Waals surface area contributed by atoms with Gasteiger partial charge in [0.25, 0.3) is 0 Å². The molecule has 0 bridgehead atoms. The maximum Gasteiger partial charge on any atom is 0.242 e. The molecule has 0 spiro atoms. The van der Waals surface area contributed by atoms with Crippen LogP contribution in [0, 0.1) is 5.41 Å². The second-order valence-corrected chi connectivity index (χ2v) is 9.92. The van der Waals surface area contributed by atoms with Crippen LogP contribution in [0.15, 0.2) is 48.7 Å². The van der Waals surface area contributed by atoms with Gasteiger partial charge in [-0.05, 0) is 42.4 Å². The smallest absolute Gasteiger partial charge is 0.242 e. The lowest BCUT2D eigenvalue weighted by Crippen LogP contribution is -2.44. The topological polar surface area (TPSA) is 45.6 Å². The quantitative estimate of drug-likeness (QED) is 0.556. The fraction of sp³-hybridized carbons (Fsp3) is 0.538. The van der Waals surface area contributed by atoms with E-state index in [0.29, 0.717) is 25.6 Å². The highest BCUT2D eigenvalue weighted by atomic mass is 16.2. The molecule has 1 fully saturated rings. The summed E-state index contributed by atoms with van der Waals surface area (Å²) in [6, 6.07) is 14.8. The summed E-state index contributed by atoms with van der Waals surface area (Å²) in [4.78, 5) is 29.9. The third-order valence-electron chi connectivity index (χ3n) is 5.61. The second kappa shape index (κ2) is 10.2. The number of amides is 2. The molecule has 1 heterocycles. The van der Waals surface area contributed by atoms with Crippen LogP contribution in [-0.2, 0) is 22.7 Å². The summed E-state index contributed by atoms with van der Waals surface area (Å²) >= 11 is 0. The number of nitrogens with zero attached hydrogens (tertiary/aromatic N) is 3. The fourth-order valence-corrected chi connectivity index (χ4v) is 3.89. The van der Waals surface area contributed by atoms with Gasteiger partial charge in [0.2, 0.25) is 11.8 Å². The molecule has 5 heteroatoms. The van der Waals surface area contributed by atoms with Crippen LogP contribution in [0.5, 0.6) is 0 Å². The van der Waals surface area contributed by atoms with Crippen LogP contribution in [0.1, 0.15) is 64.6 Å². The number of aromatic nitrogens is 1. The van der Waals surface area contributed by atoms with Gasteiger partial charge in [-0.3, -0.25) is 9.59 Å². The first-order valence-corrected chi connectivity index (χ1v) is 11.5. The van der Waals surface area contributed by atoms with Gasteiger partial charge >= 0.3 is 0 Å². The van der Waals surface area contributed by atoms with Gasteiger partial charge in [0.1, 0.15) is 0 Å². The standard InChI is InChI=1S/C26H37N3O2/c1-5-15-28(24(30)17-26(2,3)4)20-25(31)29(22-13-14-22)19-23-12-9-16-27(23)18-21-10-7-6-8-11-21/h6-12,16,22H,5,13-15,17-20H2,1-4H3. The largest absolute Gasteiger partial charge is 0.345 e. The Bertz CT molecular complexity index is 862. The van der Waals surface area contributed by atoms with Gasteiger partial charge in [0.05, 0.1) is 13.1 Å². The van der Waals surface area contributed by atoms with Gasteiger partial charge in [-0.15, -0.1) is 0 Å². The van der Waals surface area contributed by atoms with Crippen molar-refractivity contribution in [2.24, 2.45) is 5.41 Å². The Morgan fingerprint density at radius 1 is 1.03 bits per heavy atom. The van der Waals surface area contributed by atoms with E-state index in [4.69, 9.17) is 0 Å². The van der Waals surface area contributed by atoms with E-state index >= 15 is 0 Å². The highest BCUT2D eigenvalue weighted by molar-refractivity contribution is 5.85. The molecule has 1 saturated carbocycles. The van der Waals surface area contributed by atoms with Crippen LogP contribution < -0.4 is 0 Å². The van der Waals surface area contributed by atoms with Gasteiger partial charge in [-0.1, -0.05) is 58.0 Å². The Kier molecular flexibility index (Phi) is 7.58. The number of benzene rings is 1. The molecule has 2 amide bonds. The summed E-state index contributed by atoms with van der Waals surface area (Å²) in [6.45, 7) is 10.4. The molecular formula is C26H37N3O2. The molecule has 3 rings (SSSR count). The average Bonchev–Trinajstić information content (AvgIpc) is 3.45. The highest BCUT2D eigenvalue weighted by Crippen LogP contribution is 2.29. The Morgan fingerprint density at radius 2 is 1.74 bits per heavy atom. The van der Waals surface area contributed by atoms with Gasteiger partial charge in [0.15, 0.2) is 0 Å². The van der Waals surface area contributed by atoms with Gasteiger partial charge in [-0.2, -0.15) is 0 Å². The average molecular weight is 424 g/mol. The van der Waals surface area contributed by atoms with E-state index in [9.17, 15) is 9.59 Å². The first kappa shape index (κ1) is 23.1. The first-order valence-electron chi connectivity index (χ1n) is 11.5. The van der Waals surface area contributed by atoms with Crippen molar-refractivity contribution in [2.75, 3.05) is 13.1 Å². The van der Waals surface area contributed by atoms with E-state index in [2.05, 4.69) is 68.8 Å². The Morgan fingerprint density at radius 3 is 2.35 bits per heavy atom. The van der Waals surface area contributed by atoms with Crippen molar-refractivity contribution in [1.29, 1.82) is 0 Å². The molecule has 5 nitrogen and oxygen atoms in total. The lowest BCUT2D eigenvalue weighted by atomic mass is 9.91. The minimum Gasteiger partial charge on any atom is -0.345 e. The summed E-state index contributed by atoms with van der Waals surface area (Å²) in [5.41, 5.74) is 2.29. The third kappa shape index (κ3) is 6.98. The minimum absolute atomic E-state index is 0.0608. The Labute approximate surface area is 187 Å². The van der Waals surface area contributed by atoms with Crippen molar-refractivity contribution < 1.29 is 9.59 Å². The molecule has 1 aliphatic carbocycles. The Hall–Kier alpha value is -2.56. The molecule has 0 radical (unpaired) electrons. The number of rotatable bonds is 10. The van der Waals surface area contributed by atoms with Gasteiger partial charge < -0.3 is 14.4 Å². The molecule has 0 unspecified atom stereocenters. The van der Waals surface area contributed by atoms with E-state index in [1.54, 1.807) is 4.90 Å². The molecule has 0 aliphatic heterocycles. The molecular weight excluding hydrogens is 386 g/mol. The summed E-state index contributed by atoms with van der Waals surface area (Å²) in [5, 5.41) is 0. The molecule has 1 aliphatic rings.